The summed E-state index contributed by atoms with van der Waals surface area (Å²) in [5, 5.41) is 0. The third kappa shape index (κ3) is 4.21. The monoisotopic (exact) mass is 332 g/mol. The highest BCUT2D eigenvalue weighted by Gasteiger charge is 2.23. The van der Waals surface area contributed by atoms with E-state index in [1.165, 1.54) is 34.2 Å². The van der Waals surface area contributed by atoms with Crippen LogP contribution in [-0.4, -0.2) is 44.5 Å². The van der Waals surface area contributed by atoms with Gasteiger partial charge in [0, 0.05) is 24.8 Å². The fourth-order valence-corrected chi connectivity index (χ4v) is 2.83. The number of rotatable bonds is 4. The molecule has 0 aliphatic heterocycles. The van der Waals surface area contributed by atoms with Crippen molar-refractivity contribution in [3.05, 3.63) is 37.4 Å². The van der Waals surface area contributed by atoms with E-state index in [1.54, 1.807) is 12.4 Å². The molecule has 1 aliphatic rings. The maximum atomic E-state index is 11.7. The molecule has 24 heavy (non-hydrogen) atoms. The van der Waals surface area contributed by atoms with Crippen molar-refractivity contribution >= 4 is 12.2 Å². The summed E-state index contributed by atoms with van der Waals surface area (Å²) in [6.07, 6.45) is 12.1. The smallest absolute Gasteiger partial charge is 0.419 e. The summed E-state index contributed by atoms with van der Waals surface area (Å²) >= 11 is 0. The molecule has 8 nitrogen and oxygen atoms in total. The fourth-order valence-electron chi connectivity index (χ4n) is 2.83. The minimum absolute atomic E-state index is 0.359. The molecule has 1 fully saturated rings. The lowest BCUT2D eigenvalue weighted by molar-refractivity contribution is 0.0865. The van der Waals surface area contributed by atoms with Crippen LogP contribution in [0, 0.1) is 11.8 Å². The summed E-state index contributed by atoms with van der Waals surface area (Å²) in [5.41, 5.74) is 0. The van der Waals surface area contributed by atoms with E-state index in [0.29, 0.717) is 25.0 Å². The highest BCUT2D eigenvalue weighted by atomic mass is 16.6. The van der Waals surface area contributed by atoms with Crippen LogP contribution < -0.4 is 0 Å². The van der Waals surface area contributed by atoms with Crippen molar-refractivity contribution < 1.29 is 19.1 Å². The second-order valence-electron chi connectivity index (χ2n) is 5.98. The first-order chi connectivity index (χ1) is 11.7. The molecule has 2 aromatic heterocycles. The molecule has 0 radical (unpaired) electrons. The van der Waals surface area contributed by atoms with Crippen molar-refractivity contribution in [3.8, 4) is 0 Å². The van der Waals surface area contributed by atoms with Crippen LogP contribution in [0.25, 0.3) is 0 Å². The molecular weight excluding hydrogens is 312 g/mol. The number of carbonyl (C=O) groups is 2. The Morgan fingerprint density at radius 2 is 1.25 bits per heavy atom. The Balaban J connectivity index is 1.34. The van der Waals surface area contributed by atoms with E-state index < -0.39 is 12.2 Å². The van der Waals surface area contributed by atoms with Gasteiger partial charge in [-0.05, 0) is 37.5 Å². The van der Waals surface area contributed by atoms with Gasteiger partial charge >= 0.3 is 12.2 Å². The van der Waals surface area contributed by atoms with Gasteiger partial charge in [-0.2, -0.15) is 0 Å². The Bertz CT molecular complexity index is 587. The average Bonchev–Trinajstić information content (AvgIpc) is 3.32. The molecule has 0 aromatic carbocycles. The van der Waals surface area contributed by atoms with Gasteiger partial charge < -0.3 is 9.47 Å². The zero-order valence-electron chi connectivity index (χ0n) is 13.3. The third-order valence-corrected chi connectivity index (χ3v) is 4.28. The van der Waals surface area contributed by atoms with Crippen LogP contribution in [-0.2, 0) is 9.47 Å². The Labute approximate surface area is 139 Å². The highest BCUT2D eigenvalue weighted by Crippen LogP contribution is 2.29. The molecule has 0 saturated heterocycles. The summed E-state index contributed by atoms with van der Waals surface area (Å²) in [5.74, 6) is 0.719. The largest absolute Gasteiger partial charge is 0.449 e. The summed E-state index contributed by atoms with van der Waals surface area (Å²) < 4.78 is 13.2. The Kier molecular flexibility index (Phi) is 5.25. The van der Waals surface area contributed by atoms with Gasteiger partial charge in [-0.1, -0.05) is 0 Å². The molecule has 3 rings (SSSR count). The maximum Gasteiger partial charge on any atom is 0.419 e. The predicted molar refractivity (Wildman–Crippen MR) is 83.4 cm³/mol. The van der Waals surface area contributed by atoms with Crippen molar-refractivity contribution in [2.45, 2.75) is 25.7 Å². The number of nitrogens with zero attached hydrogens (tertiary/aromatic N) is 4. The van der Waals surface area contributed by atoms with E-state index >= 15 is 0 Å². The SMILES string of the molecule is O=C(OCC1CCC(COC(=O)n2ccnc2)CC1)n1ccnc1. The summed E-state index contributed by atoms with van der Waals surface area (Å²) in [6, 6.07) is 0. The number of imidazole rings is 2. The predicted octanol–water partition coefficient (Wildman–Crippen LogP) is 2.56. The summed E-state index contributed by atoms with van der Waals surface area (Å²) in [6.45, 7) is 0.830. The van der Waals surface area contributed by atoms with Crippen LogP contribution in [0.4, 0.5) is 9.59 Å². The second kappa shape index (κ2) is 7.76. The number of hydrogen-bond donors (Lipinski definition) is 0. The lowest BCUT2D eigenvalue weighted by atomic mass is 9.83. The maximum absolute atomic E-state index is 11.7. The van der Waals surface area contributed by atoms with Gasteiger partial charge in [0.1, 0.15) is 12.7 Å². The van der Waals surface area contributed by atoms with Crippen molar-refractivity contribution in [3.63, 3.8) is 0 Å². The van der Waals surface area contributed by atoms with Gasteiger partial charge in [0.15, 0.2) is 0 Å². The summed E-state index contributed by atoms with van der Waals surface area (Å²) in [4.78, 5) is 31.1. The molecule has 2 aromatic rings. The molecule has 128 valence electrons. The molecule has 0 unspecified atom stereocenters. The lowest BCUT2D eigenvalue weighted by Crippen LogP contribution is -2.25. The number of ether oxygens (including phenoxy) is 2. The van der Waals surface area contributed by atoms with Crippen LogP contribution in [0.1, 0.15) is 25.7 Å². The van der Waals surface area contributed by atoms with Gasteiger partial charge in [0.25, 0.3) is 0 Å². The Morgan fingerprint density at radius 1 is 0.833 bits per heavy atom. The van der Waals surface area contributed by atoms with Crippen molar-refractivity contribution in [1.82, 2.24) is 19.1 Å². The van der Waals surface area contributed by atoms with E-state index in [1.807, 2.05) is 0 Å². The molecular formula is C16H20N4O4. The van der Waals surface area contributed by atoms with Crippen molar-refractivity contribution in [2.24, 2.45) is 11.8 Å². The number of carbonyl (C=O) groups excluding carboxylic acids is 2. The minimum Gasteiger partial charge on any atom is -0.449 e. The number of aromatic nitrogens is 4. The first kappa shape index (κ1) is 16.2. The molecule has 0 spiro atoms. The molecule has 0 amide bonds. The van der Waals surface area contributed by atoms with E-state index in [2.05, 4.69) is 9.97 Å². The zero-order chi connectivity index (χ0) is 16.8. The number of hydrogen-bond acceptors (Lipinski definition) is 6. The first-order valence-corrected chi connectivity index (χ1v) is 8.02. The van der Waals surface area contributed by atoms with Gasteiger partial charge in [-0.15, -0.1) is 0 Å². The first-order valence-electron chi connectivity index (χ1n) is 8.02. The van der Waals surface area contributed by atoms with Gasteiger partial charge in [-0.25, -0.2) is 28.7 Å². The normalized spacial score (nSPS) is 20.5. The van der Waals surface area contributed by atoms with Gasteiger partial charge in [0.2, 0.25) is 0 Å². The van der Waals surface area contributed by atoms with Crippen molar-refractivity contribution in [2.75, 3.05) is 13.2 Å². The standard InChI is InChI=1S/C16H20N4O4/c21-15(19-7-5-17-11-19)23-9-13-1-2-14(4-3-13)10-24-16(22)20-8-6-18-12-20/h5-8,11-14H,1-4,9-10H2. The topological polar surface area (TPSA) is 88.2 Å². The van der Waals surface area contributed by atoms with E-state index in [4.69, 9.17) is 9.47 Å². The summed E-state index contributed by atoms with van der Waals surface area (Å²) in [7, 11) is 0. The molecule has 0 atom stereocenters. The quantitative estimate of drug-likeness (QED) is 0.855. The molecule has 2 heterocycles. The lowest BCUT2D eigenvalue weighted by Gasteiger charge is -2.27. The minimum atomic E-state index is -0.399. The molecule has 1 aliphatic carbocycles. The molecule has 8 heteroatoms. The fraction of sp³-hybridized carbons (Fsp3) is 0.500. The van der Waals surface area contributed by atoms with Crippen LogP contribution in [0.2, 0.25) is 0 Å². The second-order valence-corrected chi connectivity index (χ2v) is 5.98. The van der Waals surface area contributed by atoms with Crippen LogP contribution in [0.15, 0.2) is 37.4 Å². The Morgan fingerprint density at radius 3 is 1.58 bits per heavy atom. The van der Waals surface area contributed by atoms with E-state index in [9.17, 15) is 9.59 Å². The van der Waals surface area contributed by atoms with E-state index in [-0.39, 0.29) is 0 Å². The Hall–Kier alpha value is -2.64. The average molecular weight is 332 g/mol. The highest BCUT2D eigenvalue weighted by molar-refractivity contribution is 5.70. The van der Waals surface area contributed by atoms with Gasteiger partial charge in [0.05, 0.1) is 13.2 Å². The van der Waals surface area contributed by atoms with E-state index in [0.717, 1.165) is 25.7 Å². The molecule has 0 N–H and O–H groups in total. The van der Waals surface area contributed by atoms with Crippen LogP contribution in [0.3, 0.4) is 0 Å². The molecule has 1 saturated carbocycles. The molecule has 0 bridgehead atoms. The van der Waals surface area contributed by atoms with Crippen LogP contribution >= 0.6 is 0 Å². The van der Waals surface area contributed by atoms with Crippen molar-refractivity contribution in [1.29, 1.82) is 0 Å². The van der Waals surface area contributed by atoms with Gasteiger partial charge in [-0.3, -0.25) is 0 Å². The zero-order valence-corrected chi connectivity index (χ0v) is 13.3. The third-order valence-electron chi connectivity index (χ3n) is 4.28. The van der Waals surface area contributed by atoms with Crippen LogP contribution in [0.5, 0.6) is 0 Å².